The highest BCUT2D eigenvalue weighted by Crippen LogP contribution is 2.65. The first-order valence-corrected chi connectivity index (χ1v) is 11.5. The summed E-state index contributed by atoms with van der Waals surface area (Å²) in [6, 6.07) is 0. The molecule has 3 heteroatoms. The van der Waals surface area contributed by atoms with E-state index in [2.05, 4.69) is 32.1 Å². The zero-order valence-corrected chi connectivity index (χ0v) is 18.4. The van der Waals surface area contributed by atoms with Gasteiger partial charge in [0.1, 0.15) is 5.78 Å². The molecule has 4 aliphatic carbocycles. The minimum atomic E-state index is -0.550. The lowest BCUT2D eigenvalue weighted by Crippen LogP contribution is -2.51. The lowest BCUT2D eigenvalue weighted by molar-refractivity contribution is -0.213. The Kier molecular flexibility index (Phi) is 5.15. The van der Waals surface area contributed by atoms with Gasteiger partial charge in [0.15, 0.2) is 5.79 Å². The number of fused-ring (bicyclic) bond motifs is 5. The van der Waals surface area contributed by atoms with Crippen LogP contribution in [0.3, 0.4) is 0 Å². The Hall–Kier alpha value is -0.930. The minimum Gasteiger partial charge on any atom is -0.347 e. The Morgan fingerprint density at radius 2 is 1.75 bits per heavy atom. The molecule has 0 N–H and O–H groups in total. The largest absolute Gasteiger partial charge is 0.347 e. The third-order valence-electron chi connectivity index (χ3n) is 8.94. The van der Waals surface area contributed by atoms with Crippen molar-refractivity contribution in [3.8, 4) is 0 Å². The van der Waals surface area contributed by atoms with Crippen LogP contribution in [0.1, 0.15) is 73.1 Å². The maximum Gasteiger partial charge on any atom is 0.188 e. The van der Waals surface area contributed by atoms with Gasteiger partial charge in [-0.1, -0.05) is 26.0 Å². The zero-order valence-electron chi connectivity index (χ0n) is 18.4. The van der Waals surface area contributed by atoms with Crippen LogP contribution < -0.4 is 0 Å². The van der Waals surface area contributed by atoms with Crippen LogP contribution in [-0.4, -0.2) is 24.8 Å². The fourth-order valence-corrected chi connectivity index (χ4v) is 7.54. The Balaban J connectivity index is 1.68. The van der Waals surface area contributed by atoms with Crippen LogP contribution in [0.15, 0.2) is 23.8 Å². The first-order valence-electron chi connectivity index (χ1n) is 11.5. The van der Waals surface area contributed by atoms with Gasteiger partial charge in [-0.25, -0.2) is 0 Å². The molecule has 0 radical (unpaired) electrons. The predicted molar refractivity (Wildman–Crippen MR) is 112 cm³/mol. The molecule has 2 saturated carbocycles. The molecule has 0 heterocycles. The summed E-state index contributed by atoms with van der Waals surface area (Å²) in [6.07, 6.45) is 13.9. The topological polar surface area (TPSA) is 35.5 Å². The summed E-state index contributed by atoms with van der Waals surface area (Å²) in [7, 11) is 0. The van der Waals surface area contributed by atoms with E-state index in [1.807, 2.05) is 20.8 Å². The summed E-state index contributed by atoms with van der Waals surface area (Å²) in [5.74, 6) is 2.06. The van der Waals surface area contributed by atoms with E-state index in [0.717, 1.165) is 19.3 Å². The van der Waals surface area contributed by atoms with Crippen LogP contribution in [0, 0.1) is 34.5 Å². The average molecular weight is 387 g/mol. The molecule has 156 valence electrons. The summed E-state index contributed by atoms with van der Waals surface area (Å²) in [5, 5.41) is 0. The van der Waals surface area contributed by atoms with Gasteiger partial charge >= 0.3 is 0 Å². The van der Waals surface area contributed by atoms with Crippen molar-refractivity contribution >= 4 is 5.78 Å². The molecule has 4 aliphatic rings. The lowest BCUT2D eigenvalue weighted by atomic mass is 9.48. The van der Waals surface area contributed by atoms with Crippen molar-refractivity contribution in [1.29, 1.82) is 0 Å². The van der Waals surface area contributed by atoms with E-state index in [4.69, 9.17) is 9.47 Å². The Bertz CT molecular complexity index is 686. The van der Waals surface area contributed by atoms with Crippen molar-refractivity contribution < 1.29 is 14.3 Å². The molecule has 0 spiro atoms. The predicted octanol–water partition coefficient (Wildman–Crippen LogP) is 5.70. The van der Waals surface area contributed by atoms with Gasteiger partial charge in [0.25, 0.3) is 0 Å². The molecule has 0 aromatic carbocycles. The minimum absolute atomic E-state index is 0.198. The molecule has 0 saturated heterocycles. The number of Topliss-reactive ketones (excluding diaryl/α,β-unsaturated/α-hetero) is 1. The normalized spacial score (nSPS) is 43.7. The molecular formula is C25H38O3. The van der Waals surface area contributed by atoms with Gasteiger partial charge < -0.3 is 9.47 Å². The third kappa shape index (κ3) is 2.88. The van der Waals surface area contributed by atoms with Crippen LogP contribution in [0.2, 0.25) is 0 Å². The Morgan fingerprint density at radius 1 is 1.04 bits per heavy atom. The van der Waals surface area contributed by atoms with E-state index < -0.39 is 5.79 Å². The van der Waals surface area contributed by atoms with E-state index in [1.54, 1.807) is 0 Å². The summed E-state index contributed by atoms with van der Waals surface area (Å²) in [5.41, 5.74) is 1.81. The fraction of sp³-hybridized carbons (Fsp3) is 0.800. The van der Waals surface area contributed by atoms with Crippen molar-refractivity contribution in [3.05, 3.63) is 23.8 Å². The number of allylic oxidation sites excluding steroid dienone is 3. The average Bonchev–Trinajstić information content (AvgIpc) is 3.00. The van der Waals surface area contributed by atoms with Crippen LogP contribution in [-0.2, 0) is 14.3 Å². The molecule has 6 atom stereocenters. The van der Waals surface area contributed by atoms with Crippen molar-refractivity contribution in [2.24, 2.45) is 34.5 Å². The highest BCUT2D eigenvalue weighted by molar-refractivity contribution is 5.79. The van der Waals surface area contributed by atoms with Crippen LogP contribution in [0.4, 0.5) is 0 Å². The summed E-state index contributed by atoms with van der Waals surface area (Å²) in [4.78, 5) is 12.3. The molecule has 0 aromatic heterocycles. The number of carbonyl (C=O) groups is 1. The van der Waals surface area contributed by atoms with E-state index in [-0.39, 0.29) is 16.7 Å². The van der Waals surface area contributed by atoms with Gasteiger partial charge in [-0.15, -0.1) is 0 Å². The standard InChI is InChI=1S/C25H38O3/c1-6-27-25(28-7-2)15-14-23(4)18(16-25)8-9-19-21-11-10-20(17(3)26)24(21,5)13-12-22(19)23/h8-9,16,19-22H,6-7,10-15H2,1-5H3/t19-,20+,21-,22-,23-,24+/m0/s1. The van der Waals surface area contributed by atoms with Gasteiger partial charge in [0, 0.05) is 25.6 Å². The third-order valence-corrected chi connectivity index (χ3v) is 8.94. The number of hydrogen-bond donors (Lipinski definition) is 0. The van der Waals surface area contributed by atoms with E-state index >= 15 is 0 Å². The Labute approximate surface area is 170 Å². The molecule has 0 bridgehead atoms. The second-order valence-electron chi connectivity index (χ2n) is 10.1. The van der Waals surface area contributed by atoms with Crippen molar-refractivity contribution in [2.75, 3.05) is 13.2 Å². The first kappa shape index (κ1) is 20.3. The number of rotatable bonds is 5. The summed E-state index contributed by atoms with van der Waals surface area (Å²) < 4.78 is 12.2. The maximum absolute atomic E-state index is 12.3. The molecule has 0 unspecified atom stereocenters. The molecule has 28 heavy (non-hydrogen) atoms. The van der Waals surface area contributed by atoms with Gasteiger partial charge in [0.2, 0.25) is 0 Å². The Morgan fingerprint density at radius 3 is 2.39 bits per heavy atom. The van der Waals surface area contributed by atoms with E-state index in [1.165, 1.54) is 24.8 Å². The highest BCUT2D eigenvalue weighted by atomic mass is 16.7. The second-order valence-corrected chi connectivity index (χ2v) is 10.1. The van der Waals surface area contributed by atoms with Crippen molar-refractivity contribution in [1.82, 2.24) is 0 Å². The van der Waals surface area contributed by atoms with Gasteiger partial charge in [-0.3, -0.25) is 4.79 Å². The zero-order chi connectivity index (χ0) is 20.2. The molecule has 0 aromatic rings. The van der Waals surface area contributed by atoms with E-state index in [0.29, 0.717) is 36.8 Å². The number of hydrogen-bond acceptors (Lipinski definition) is 3. The molecule has 4 rings (SSSR count). The van der Waals surface area contributed by atoms with Gasteiger partial charge in [-0.2, -0.15) is 0 Å². The van der Waals surface area contributed by atoms with Crippen LogP contribution in [0.5, 0.6) is 0 Å². The molecule has 0 amide bonds. The molecular weight excluding hydrogens is 348 g/mol. The molecule has 0 aliphatic heterocycles. The smallest absolute Gasteiger partial charge is 0.188 e. The van der Waals surface area contributed by atoms with Gasteiger partial charge in [-0.05, 0) is 93.1 Å². The van der Waals surface area contributed by atoms with Crippen molar-refractivity contribution in [3.63, 3.8) is 0 Å². The summed E-state index contributed by atoms with van der Waals surface area (Å²) in [6.45, 7) is 12.1. The second kappa shape index (κ2) is 7.09. The SMILES string of the molecule is CCOC1(OCC)C=C2C=C[C@H]3[C@@H]4CC[C@H](C(C)=O)[C@@]4(C)CC[C@@H]3[C@@]2(C)CC1. The fourth-order valence-electron chi connectivity index (χ4n) is 7.54. The molecule has 3 nitrogen and oxygen atoms in total. The quantitative estimate of drug-likeness (QED) is 0.569. The van der Waals surface area contributed by atoms with E-state index in [9.17, 15) is 4.79 Å². The van der Waals surface area contributed by atoms with Crippen molar-refractivity contribution in [2.45, 2.75) is 78.9 Å². The highest BCUT2D eigenvalue weighted by Gasteiger charge is 2.59. The number of carbonyl (C=O) groups excluding carboxylic acids is 1. The summed E-state index contributed by atoms with van der Waals surface area (Å²) >= 11 is 0. The van der Waals surface area contributed by atoms with Crippen LogP contribution in [0.25, 0.3) is 0 Å². The maximum atomic E-state index is 12.3. The van der Waals surface area contributed by atoms with Gasteiger partial charge in [0.05, 0.1) is 0 Å². The lowest BCUT2D eigenvalue weighted by Gasteiger charge is -2.57. The number of ketones is 1. The molecule has 2 fully saturated rings. The number of ether oxygens (including phenoxy) is 2. The monoisotopic (exact) mass is 386 g/mol. The van der Waals surface area contributed by atoms with Crippen LogP contribution >= 0.6 is 0 Å². The first-order chi connectivity index (χ1) is 13.3.